The molecule has 1 fully saturated rings. The van der Waals surface area contributed by atoms with Gasteiger partial charge in [0.15, 0.2) is 5.96 Å². The average molecular weight is 475 g/mol. The molecule has 1 aliphatic rings. The van der Waals surface area contributed by atoms with Gasteiger partial charge in [0, 0.05) is 44.2 Å². The SMILES string of the molecule is CN=C(NCC1(CCO)CCOC1)NCC(C)(C)c1ccccc1C.I. The molecule has 6 heteroatoms. The summed E-state index contributed by atoms with van der Waals surface area (Å²) in [5.74, 6) is 0.797. The molecule has 148 valence electrons. The summed E-state index contributed by atoms with van der Waals surface area (Å²) in [6.07, 6.45) is 1.73. The first kappa shape index (κ1) is 23.2. The zero-order chi connectivity index (χ0) is 18.3. The minimum absolute atomic E-state index is 0. The van der Waals surface area contributed by atoms with Gasteiger partial charge in [-0.05, 0) is 30.9 Å². The summed E-state index contributed by atoms with van der Waals surface area (Å²) >= 11 is 0. The normalized spacial score (nSPS) is 20.6. The van der Waals surface area contributed by atoms with E-state index in [1.54, 1.807) is 7.05 Å². The van der Waals surface area contributed by atoms with E-state index in [-0.39, 0.29) is 41.4 Å². The van der Waals surface area contributed by atoms with E-state index in [9.17, 15) is 5.11 Å². The Bertz CT molecular complexity index is 584. The molecule has 0 bridgehead atoms. The van der Waals surface area contributed by atoms with E-state index in [4.69, 9.17) is 4.74 Å². The lowest BCUT2D eigenvalue weighted by molar-refractivity contribution is 0.127. The number of halogens is 1. The second-order valence-electron chi connectivity index (χ2n) is 7.75. The molecule has 0 aromatic heterocycles. The molecule has 1 atom stereocenters. The molecule has 1 aromatic rings. The number of aliphatic imine (C=N–C) groups is 1. The maximum Gasteiger partial charge on any atom is 0.191 e. The number of benzene rings is 1. The van der Waals surface area contributed by atoms with Crippen LogP contribution >= 0.6 is 24.0 Å². The second kappa shape index (κ2) is 10.5. The first-order valence-corrected chi connectivity index (χ1v) is 9.12. The van der Waals surface area contributed by atoms with E-state index in [1.807, 2.05) is 0 Å². The quantitative estimate of drug-likeness (QED) is 0.323. The van der Waals surface area contributed by atoms with Crippen LogP contribution in [0.25, 0.3) is 0 Å². The van der Waals surface area contributed by atoms with Gasteiger partial charge in [0.05, 0.1) is 6.61 Å². The van der Waals surface area contributed by atoms with Crippen molar-refractivity contribution >= 4 is 29.9 Å². The average Bonchev–Trinajstić information content (AvgIpc) is 3.04. The highest BCUT2D eigenvalue weighted by molar-refractivity contribution is 14.0. The van der Waals surface area contributed by atoms with Crippen LogP contribution in [0.5, 0.6) is 0 Å². The Hall–Kier alpha value is -0.860. The van der Waals surface area contributed by atoms with Crippen molar-refractivity contribution in [3.05, 3.63) is 35.4 Å². The van der Waals surface area contributed by atoms with Crippen LogP contribution in [0.1, 0.15) is 37.8 Å². The molecule has 0 amide bonds. The molecule has 0 spiro atoms. The third kappa shape index (κ3) is 6.09. The summed E-state index contributed by atoms with van der Waals surface area (Å²) in [7, 11) is 1.79. The smallest absolute Gasteiger partial charge is 0.191 e. The second-order valence-corrected chi connectivity index (χ2v) is 7.75. The van der Waals surface area contributed by atoms with E-state index >= 15 is 0 Å². The van der Waals surface area contributed by atoms with Crippen molar-refractivity contribution in [1.82, 2.24) is 10.6 Å². The molecule has 0 radical (unpaired) electrons. The summed E-state index contributed by atoms with van der Waals surface area (Å²) in [4.78, 5) is 4.35. The summed E-state index contributed by atoms with van der Waals surface area (Å²) < 4.78 is 5.55. The molecule has 1 aromatic carbocycles. The zero-order valence-corrected chi connectivity index (χ0v) is 18.8. The van der Waals surface area contributed by atoms with Gasteiger partial charge in [-0.3, -0.25) is 4.99 Å². The fraction of sp³-hybridized carbons (Fsp3) is 0.650. The van der Waals surface area contributed by atoms with Crippen LogP contribution in [0.2, 0.25) is 0 Å². The Morgan fingerprint density at radius 1 is 1.31 bits per heavy atom. The molecule has 3 N–H and O–H groups in total. The first-order chi connectivity index (χ1) is 11.9. The van der Waals surface area contributed by atoms with Crippen molar-refractivity contribution in [2.24, 2.45) is 10.4 Å². The Morgan fingerprint density at radius 3 is 2.62 bits per heavy atom. The Kier molecular flexibility index (Phi) is 9.33. The van der Waals surface area contributed by atoms with Crippen LogP contribution in [0.4, 0.5) is 0 Å². The summed E-state index contributed by atoms with van der Waals surface area (Å²) in [6.45, 7) is 9.86. The predicted octanol–water partition coefficient (Wildman–Crippen LogP) is 2.84. The minimum Gasteiger partial charge on any atom is -0.396 e. The summed E-state index contributed by atoms with van der Waals surface area (Å²) in [6, 6.07) is 8.52. The third-order valence-electron chi connectivity index (χ3n) is 5.25. The van der Waals surface area contributed by atoms with Crippen LogP contribution in [0, 0.1) is 12.3 Å². The third-order valence-corrected chi connectivity index (χ3v) is 5.25. The largest absolute Gasteiger partial charge is 0.396 e. The van der Waals surface area contributed by atoms with Gasteiger partial charge in [-0.15, -0.1) is 24.0 Å². The number of aliphatic hydroxyl groups excluding tert-OH is 1. The maximum absolute atomic E-state index is 9.35. The van der Waals surface area contributed by atoms with Crippen molar-refractivity contribution in [2.75, 3.05) is 40.0 Å². The lowest BCUT2D eigenvalue weighted by atomic mass is 9.82. The van der Waals surface area contributed by atoms with Gasteiger partial charge >= 0.3 is 0 Å². The van der Waals surface area contributed by atoms with Crippen molar-refractivity contribution in [3.8, 4) is 0 Å². The van der Waals surface area contributed by atoms with Crippen LogP contribution < -0.4 is 10.6 Å². The molecule has 26 heavy (non-hydrogen) atoms. The number of rotatable bonds is 7. The van der Waals surface area contributed by atoms with Crippen molar-refractivity contribution < 1.29 is 9.84 Å². The van der Waals surface area contributed by atoms with Crippen LogP contribution in [0.3, 0.4) is 0 Å². The fourth-order valence-electron chi connectivity index (χ4n) is 3.54. The van der Waals surface area contributed by atoms with E-state index in [1.165, 1.54) is 11.1 Å². The summed E-state index contributed by atoms with van der Waals surface area (Å²) in [5.41, 5.74) is 2.67. The van der Waals surface area contributed by atoms with Gasteiger partial charge in [-0.25, -0.2) is 0 Å². The number of hydrogen-bond acceptors (Lipinski definition) is 3. The number of aryl methyl sites for hydroxylation is 1. The maximum atomic E-state index is 9.35. The highest BCUT2D eigenvalue weighted by atomic mass is 127. The van der Waals surface area contributed by atoms with Crippen molar-refractivity contribution in [1.29, 1.82) is 0 Å². The number of ether oxygens (including phenoxy) is 1. The molecule has 0 saturated carbocycles. The van der Waals surface area contributed by atoms with E-state index in [0.29, 0.717) is 6.61 Å². The van der Waals surface area contributed by atoms with E-state index in [0.717, 1.165) is 38.5 Å². The molecular formula is C20H34IN3O2. The van der Waals surface area contributed by atoms with Crippen molar-refractivity contribution in [3.63, 3.8) is 0 Å². The Labute approximate surface area is 175 Å². The van der Waals surface area contributed by atoms with Gasteiger partial charge < -0.3 is 20.5 Å². The van der Waals surface area contributed by atoms with Crippen molar-refractivity contribution in [2.45, 2.75) is 39.0 Å². The molecule has 5 nitrogen and oxygen atoms in total. The number of nitrogens with one attached hydrogen (secondary N) is 2. The van der Waals surface area contributed by atoms with Crippen LogP contribution in [-0.4, -0.2) is 51.0 Å². The van der Waals surface area contributed by atoms with E-state index < -0.39 is 0 Å². The molecule has 1 unspecified atom stereocenters. The number of aliphatic hydroxyl groups is 1. The predicted molar refractivity (Wildman–Crippen MR) is 119 cm³/mol. The van der Waals surface area contributed by atoms with Crippen LogP contribution in [-0.2, 0) is 10.2 Å². The number of nitrogens with zero attached hydrogens (tertiary/aromatic N) is 1. The van der Waals surface area contributed by atoms with Gasteiger partial charge in [-0.2, -0.15) is 0 Å². The molecule has 1 saturated heterocycles. The Morgan fingerprint density at radius 2 is 2.04 bits per heavy atom. The minimum atomic E-state index is 0. The standard InChI is InChI=1S/C20H33N3O2.HI/c1-16-7-5-6-8-17(16)19(2,3)13-22-18(21-4)23-14-20(9-11-24)10-12-25-15-20;/h5-8,24H,9-15H2,1-4H3,(H2,21,22,23);1H. The zero-order valence-electron chi connectivity index (χ0n) is 16.5. The molecule has 0 aliphatic carbocycles. The molecule has 1 aliphatic heterocycles. The van der Waals surface area contributed by atoms with Gasteiger partial charge in [0.1, 0.15) is 0 Å². The monoisotopic (exact) mass is 475 g/mol. The highest BCUT2D eigenvalue weighted by Gasteiger charge is 2.34. The summed E-state index contributed by atoms with van der Waals surface area (Å²) in [5, 5.41) is 16.2. The topological polar surface area (TPSA) is 65.9 Å². The molecular weight excluding hydrogens is 441 g/mol. The molecule has 2 rings (SSSR count). The number of hydrogen-bond donors (Lipinski definition) is 3. The lowest BCUT2D eigenvalue weighted by Crippen LogP contribution is -2.47. The molecule has 1 heterocycles. The lowest BCUT2D eigenvalue weighted by Gasteiger charge is -2.30. The van der Waals surface area contributed by atoms with E-state index in [2.05, 4.69) is 60.7 Å². The Balaban J connectivity index is 0.00000338. The number of guanidine groups is 1. The fourth-order valence-corrected chi connectivity index (χ4v) is 3.54. The highest BCUT2D eigenvalue weighted by Crippen LogP contribution is 2.31. The first-order valence-electron chi connectivity index (χ1n) is 9.12. The van der Waals surface area contributed by atoms with Crippen LogP contribution in [0.15, 0.2) is 29.3 Å². The van der Waals surface area contributed by atoms with Gasteiger partial charge in [0.25, 0.3) is 0 Å². The van der Waals surface area contributed by atoms with Gasteiger partial charge in [-0.1, -0.05) is 38.1 Å². The van der Waals surface area contributed by atoms with Gasteiger partial charge in [0.2, 0.25) is 0 Å².